The molecule has 1 aromatic rings. The Balaban J connectivity index is 2.52. The molecule has 1 aromatic carbocycles. The minimum atomic E-state index is -0.804. The molecular formula is C34H57N3O4. The molecule has 0 bridgehead atoms. The minimum absolute atomic E-state index is 0.122. The molecular weight excluding hydrogens is 514 g/mol. The second-order valence-electron chi connectivity index (χ2n) is 13.1. The van der Waals surface area contributed by atoms with E-state index in [1.165, 1.54) is 6.42 Å². The van der Waals surface area contributed by atoms with E-state index in [0.717, 1.165) is 74.5 Å². The topological polar surface area (TPSA) is 87.7 Å². The number of aryl methyl sites for hydroxylation is 2. The van der Waals surface area contributed by atoms with Gasteiger partial charge in [-0.15, -0.1) is 0 Å². The Kier molecular flexibility index (Phi) is 14.2. The smallest absolute Gasteiger partial charge is 0.408 e. The maximum absolute atomic E-state index is 14.5. The van der Waals surface area contributed by atoms with E-state index in [2.05, 4.69) is 23.6 Å². The van der Waals surface area contributed by atoms with Crippen molar-refractivity contribution in [3.63, 3.8) is 0 Å². The zero-order chi connectivity index (χ0) is 30.6. The van der Waals surface area contributed by atoms with Gasteiger partial charge in [-0.1, -0.05) is 101 Å². The van der Waals surface area contributed by atoms with Gasteiger partial charge >= 0.3 is 6.09 Å². The minimum Gasteiger partial charge on any atom is -0.444 e. The second-order valence-corrected chi connectivity index (χ2v) is 13.1. The Hall–Kier alpha value is -2.57. The lowest BCUT2D eigenvalue weighted by Gasteiger charge is -2.37. The number of ether oxygens (including phenoxy) is 1. The summed E-state index contributed by atoms with van der Waals surface area (Å²) in [6.45, 7) is 16.1. The molecule has 2 rings (SSSR count). The molecule has 3 unspecified atom stereocenters. The van der Waals surface area contributed by atoms with E-state index in [9.17, 15) is 14.4 Å². The summed E-state index contributed by atoms with van der Waals surface area (Å²) in [4.78, 5) is 43.3. The Bertz CT molecular complexity index is 960. The van der Waals surface area contributed by atoms with Crippen molar-refractivity contribution < 1.29 is 19.1 Å². The lowest BCUT2D eigenvalue weighted by atomic mass is 9.93. The molecule has 0 aliphatic heterocycles. The monoisotopic (exact) mass is 571 g/mol. The highest BCUT2D eigenvalue weighted by Gasteiger charge is 2.38. The van der Waals surface area contributed by atoms with Gasteiger partial charge in [-0.25, -0.2) is 4.79 Å². The summed E-state index contributed by atoms with van der Waals surface area (Å²) in [7, 11) is 0. The Labute approximate surface area is 249 Å². The van der Waals surface area contributed by atoms with E-state index in [0.29, 0.717) is 13.0 Å². The number of alkyl carbamates (subject to hydrolysis) is 1. The van der Waals surface area contributed by atoms with Gasteiger partial charge in [-0.05, 0) is 65.4 Å². The number of rotatable bonds is 14. The van der Waals surface area contributed by atoms with Crippen LogP contribution in [0.2, 0.25) is 0 Å². The van der Waals surface area contributed by atoms with Crippen LogP contribution in [0.1, 0.15) is 135 Å². The molecule has 7 heteroatoms. The predicted molar refractivity (Wildman–Crippen MR) is 167 cm³/mol. The van der Waals surface area contributed by atoms with Gasteiger partial charge in [0.15, 0.2) is 0 Å². The molecule has 1 fully saturated rings. The molecule has 0 spiro atoms. The normalized spacial score (nSPS) is 16.4. The lowest BCUT2D eigenvalue weighted by molar-refractivity contribution is -0.144. The highest BCUT2D eigenvalue weighted by Crippen LogP contribution is 2.28. The maximum atomic E-state index is 14.5. The molecule has 2 N–H and O–H groups in total. The third-order valence-corrected chi connectivity index (χ3v) is 8.01. The number of carbonyl (C=O) groups excluding carboxylic acids is 3. The van der Waals surface area contributed by atoms with Crippen LogP contribution in [0.15, 0.2) is 18.2 Å². The highest BCUT2D eigenvalue weighted by atomic mass is 16.6. The van der Waals surface area contributed by atoms with Crippen molar-refractivity contribution in [3.05, 3.63) is 34.9 Å². The van der Waals surface area contributed by atoms with Crippen LogP contribution in [0.3, 0.4) is 0 Å². The van der Waals surface area contributed by atoms with Crippen molar-refractivity contribution in [1.29, 1.82) is 0 Å². The van der Waals surface area contributed by atoms with E-state index in [4.69, 9.17) is 4.74 Å². The number of benzene rings is 1. The van der Waals surface area contributed by atoms with Crippen LogP contribution >= 0.6 is 0 Å². The third kappa shape index (κ3) is 11.7. The standard InChI is InChI=1S/C34H57N3O4/c1-9-11-12-13-17-20-37(32(39)29(26(5)10-2)36-33(40)41-34(6,7)8)30(27-22-24(3)21-25(4)23-27)31(38)35-28-18-15-14-16-19-28/h21-23,26,28-30H,9-20H2,1-8H3,(H,35,38)(H,36,40). The summed E-state index contributed by atoms with van der Waals surface area (Å²) < 4.78 is 5.54. The van der Waals surface area contributed by atoms with E-state index in [1.807, 2.05) is 39.8 Å². The second kappa shape index (κ2) is 16.8. The van der Waals surface area contributed by atoms with Gasteiger partial charge in [0, 0.05) is 12.6 Å². The molecule has 232 valence electrons. The van der Waals surface area contributed by atoms with Crippen LogP contribution in [0.25, 0.3) is 0 Å². The van der Waals surface area contributed by atoms with Crippen molar-refractivity contribution in [1.82, 2.24) is 15.5 Å². The first-order chi connectivity index (χ1) is 19.4. The van der Waals surface area contributed by atoms with Crippen LogP contribution in [0, 0.1) is 19.8 Å². The number of carbonyl (C=O) groups is 3. The Morgan fingerprint density at radius 1 is 0.951 bits per heavy atom. The van der Waals surface area contributed by atoms with Crippen molar-refractivity contribution in [2.75, 3.05) is 6.54 Å². The van der Waals surface area contributed by atoms with E-state index >= 15 is 0 Å². The molecule has 41 heavy (non-hydrogen) atoms. The molecule has 1 saturated carbocycles. The molecule has 0 radical (unpaired) electrons. The molecule has 7 nitrogen and oxygen atoms in total. The van der Waals surface area contributed by atoms with Crippen molar-refractivity contribution >= 4 is 17.9 Å². The number of nitrogens with one attached hydrogen (secondary N) is 2. The van der Waals surface area contributed by atoms with Gasteiger partial charge < -0.3 is 20.3 Å². The number of nitrogens with zero attached hydrogens (tertiary/aromatic N) is 1. The average molecular weight is 572 g/mol. The summed E-state index contributed by atoms with van der Waals surface area (Å²) in [6, 6.07) is 4.67. The quantitative estimate of drug-likeness (QED) is 0.226. The summed E-state index contributed by atoms with van der Waals surface area (Å²) in [6.07, 6.45) is 10.6. The third-order valence-electron chi connectivity index (χ3n) is 8.01. The van der Waals surface area contributed by atoms with Gasteiger partial charge in [0.05, 0.1) is 0 Å². The predicted octanol–water partition coefficient (Wildman–Crippen LogP) is 7.53. The van der Waals surface area contributed by atoms with E-state index in [-0.39, 0.29) is 23.8 Å². The van der Waals surface area contributed by atoms with Gasteiger partial charge in [0.1, 0.15) is 17.7 Å². The fraction of sp³-hybridized carbons (Fsp3) is 0.735. The molecule has 3 amide bonds. The van der Waals surface area contributed by atoms with Gasteiger partial charge in [-0.2, -0.15) is 0 Å². The first-order valence-electron chi connectivity index (χ1n) is 16.0. The van der Waals surface area contributed by atoms with E-state index in [1.54, 1.807) is 25.7 Å². The van der Waals surface area contributed by atoms with Crippen LogP contribution in [0.4, 0.5) is 4.79 Å². The average Bonchev–Trinajstić information content (AvgIpc) is 2.89. The van der Waals surface area contributed by atoms with Gasteiger partial charge in [0.25, 0.3) is 0 Å². The fourth-order valence-electron chi connectivity index (χ4n) is 5.72. The molecule has 1 aliphatic rings. The first-order valence-corrected chi connectivity index (χ1v) is 16.0. The zero-order valence-corrected chi connectivity index (χ0v) is 27.1. The lowest BCUT2D eigenvalue weighted by Crippen LogP contribution is -2.56. The number of hydrogen-bond donors (Lipinski definition) is 2. The van der Waals surface area contributed by atoms with Crippen molar-refractivity contribution in [2.24, 2.45) is 5.92 Å². The summed E-state index contributed by atoms with van der Waals surface area (Å²) in [5.41, 5.74) is 2.23. The van der Waals surface area contributed by atoms with Crippen LogP contribution < -0.4 is 10.6 Å². The molecule has 1 aliphatic carbocycles. The van der Waals surface area contributed by atoms with Crippen LogP contribution in [0.5, 0.6) is 0 Å². The number of unbranched alkanes of at least 4 members (excludes halogenated alkanes) is 4. The van der Waals surface area contributed by atoms with E-state index < -0.39 is 23.8 Å². The van der Waals surface area contributed by atoms with Gasteiger partial charge in [-0.3, -0.25) is 9.59 Å². The highest BCUT2D eigenvalue weighted by molar-refractivity contribution is 5.92. The SMILES string of the molecule is CCCCCCCN(C(=O)C(NC(=O)OC(C)(C)C)C(C)CC)C(C(=O)NC1CCCCC1)c1cc(C)cc(C)c1. The van der Waals surface area contributed by atoms with Crippen LogP contribution in [-0.4, -0.2) is 47.0 Å². The largest absolute Gasteiger partial charge is 0.444 e. The van der Waals surface area contributed by atoms with Gasteiger partial charge in [0.2, 0.25) is 11.8 Å². The maximum Gasteiger partial charge on any atom is 0.408 e. The molecule has 0 aromatic heterocycles. The number of hydrogen-bond acceptors (Lipinski definition) is 4. The fourth-order valence-corrected chi connectivity index (χ4v) is 5.72. The summed E-state index contributed by atoms with van der Waals surface area (Å²) >= 11 is 0. The molecule has 0 saturated heterocycles. The van der Waals surface area contributed by atoms with Crippen molar-refractivity contribution in [3.8, 4) is 0 Å². The molecule has 3 atom stereocenters. The summed E-state index contributed by atoms with van der Waals surface area (Å²) in [5.74, 6) is -0.508. The Morgan fingerprint density at radius 3 is 2.12 bits per heavy atom. The first kappa shape index (κ1) is 34.6. The zero-order valence-electron chi connectivity index (χ0n) is 27.1. The molecule has 0 heterocycles. The summed E-state index contributed by atoms with van der Waals surface area (Å²) in [5, 5.41) is 6.19. The Morgan fingerprint density at radius 2 is 1.56 bits per heavy atom. The van der Waals surface area contributed by atoms with Crippen molar-refractivity contribution in [2.45, 2.75) is 150 Å². The number of amides is 3. The van der Waals surface area contributed by atoms with Crippen LogP contribution in [-0.2, 0) is 14.3 Å².